The van der Waals surface area contributed by atoms with Crippen LogP contribution in [0.4, 0.5) is 10.1 Å². The first kappa shape index (κ1) is 11.0. The fourth-order valence-electron chi connectivity index (χ4n) is 1.18. The summed E-state index contributed by atoms with van der Waals surface area (Å²) < 4.78 is 12.8. The normalized spacial score (nSPS) is 9.71. The molecule has 0 spiro atoms. The van der Waals surface area contributed by atoms with Gasteiger partial charge in [-0.05, 0) is 18.2 Å². The third kappa shape index (κ3) is 2.97. The zero-order valence-electron chi connectivity index (χ0n) is 8.72. The number of aromatic nitrogens is 2. The van der Waals surface area contributed by atoms with Crippen molar-refractivity contribution < 1.29 is 9.18 Å². The van der Waals surface area contributed by atoms with Crippen LogP contribution in [0.3, 0.4) is 0 Å². The molecule has 0 unspecified atom stereocenters. The zero-order valence-corrected chi connectivity index (χ0v) is 8.72. The Kier molecular flexibility index (Phi) is 3.25. The van der Waals surface area contributed by atoms with Crippen LogP contribution in [-0.2, 0) is 0 Å². The molecule has 2 aromatic rings. The van der Waals surface area contributed by atoms with Gasteiger partial charge in [0.05, 0.1) is 11.9 Å². The molecule has 0 aliphatic rings. The molecule has 2 rings (SSSR count). The Morgan fingerprint density at radius 1 is 1.29 bits per heavy atom. The summed E-state index contributed by atoms with van der Waals surface area (Å²) in [7, 11) is 0. The minimum absolute atomic E-state index is 0.177. The number of halogens is 1. The number of rotatable bonds is 3. The van der Waals surface area contributed by atoms with Gasteiger partial charge in [-0.3, -0.25) is 20.6 Å². The topological polar surface area (TPSA) is 66.9 Å². The average Bonchev–Trinajstić information content (AvgIpc) is 2.37. The summed E-state index contributed by atoms with van der Waals surface area (Å²) in [5.74, 6) is -0.828. The number of carbonyl (C=O) groups excluding carboxylic acids is 1. The number of carbonyl (C=O) groups is 1. The molecule has 86 valence electrons. The summed E-state index contributed by atoms with van der Waals surface area (Å²) in [6.45, 7) is 0. The Morgan fingerprint density at radius 3 is 2.88 bits per heavy atom. The minimum atomic E-state index is -0.442. The Bertz CT molecular complexity index is 518. The van der Waals surface area contributed by atoms with E-state index in [9.17, 15) is 9.18 Å². The number of hydrogen-bond donors (Lipinski definition) is 2. The van der Waals surface area contributed by atoms with Crippen LogP contribution in [-0.4, -0.2) is 15.9 Å². The molecule has 0 fully saturated rings. The summed E-state index contributed by atoms with van der Waals surface area (Å²) in [6, 6.07) is 5.73. The van der Waals surface area contributed by atoms with E-state index < -0.39 is 5.91 Å². The van der Waals surface area contributed by atoms with Gasteiger partial charge in [0.1, 0.15) is 11.5 Å². The van der Waals surface area contributed by atoms with Crippen LogP contribution in [0.1, 0.15) is 10.5 Å². The highest BCUT2D eigenvalue weighted by molar-refractivity contribution is 5.92. The monoisotopic (exact) mass is 232 g/mol. The summed E-state index contributed by atoms with van der Waals surface area (Å²) in [4.78, 5) is 19.1. The lowest BCUT2D eigenvalue weighted by Crippen LogP contribution is -2.30. The summed E-state index contributed by atoms with van der Waals surface area (Å²) in [5.41, 5.74) is 5.58. The van der Waals surface area contributed by atoms with Crippen LogP contribution in [0.5, 0.6) is 0 Å². The molecule has 6 heteroatoms. The van der Waals surface area contributed by atoms with E-state index in [0.717, 1.165) is 0 Å². The van der Waals surface area contributed by atoms with E-state index in [4.69, 9.17) is 0 Å². The molecular weight excluding hydrogens is 223 g/mol. The molecular formula is C11H9FN4O. The number of hydrazine groups is 1. The molecule has 2 N–H and O–H groups in total. The lowest BCUT2D eigenvalue weighted by Gasteiger charge is -2.07. The molecule has 0 aliphatic heterocycles. The fourth-order valence-corrected chi connectivity index (χ4v) is 1.18. The first-order valence-electron chi connectivity index (χ1n) is 4.83. The highest BCUT2D eigenvalue weighted by atomic mass is 19.1. The first-order valence-corrected chi connectivity index (χ1v) is 4.83. The first-order chi connectivity index (χ1) is 8.25. The van der Waals surface area contributed by atoms with Gasteiger partial charge < -0.3 is 0 Å². The van der Waals surface area contributed by atoms with Crippen molar-refractivity contribution in [2.45, 2.75) is 0 Å². The van der Waals surface area contributed by atoms with Crippen LogP contribution in [0.15, 0.2) is 42.9 Å². The van der Waals surface area contributed by atoms with Crippen molar-refractivity contribution in [3.05, 3.63) is 54.4 Å². The second kappa shape index (κ2) is 5.02. The Labute approximate surface area is 96.7 Å². The quantitative estimate of drug-likeness (QED) is 0.784. The largest absolute Gasteiger partial charge is 0.298 e. The van der Waals surface area contributed by atoms with Crippen molar-refractivity contribution in [2.75, 3.05) is 5.43 Å². The average molecular weight is 232 g/mol. The van der Waals surface area contributed by atoms with E-state index >= 15 is 0 Å². The second-order valence-electron chi connectivity index (χ2n) is 3.18. The molecule has 0 radical (unpaired) electrons. The van der Waals surface area contributed by atoms with Crippen molar-refractivity contribution in [1.82, 2.24) is 15.4 Å². The molecule has 0 bridgehead atoms. The Balaban J connectivity index is 1.97. The predicted molar refractivity (Wildman–Crippen MR) is 59.5 cm³/mol. The van der Waals surface area contributed by atoms with Crippen molar-refractivity contribution >= 4 is 11.6 Å². The molecule has 1 heterocycles. The summed E-state index contributed by atoms with van der Waals surface area (Å²) in [5, 5.41) is 0. The predicted octanol–water partition coefficient (Wildman–Crippen LogP) is 1.37. The van der Waals surface area contributed by atoms with Gasteiger partial charge in [0.15, 0.2) is 0 Å². The van der Waals surface area contributed by atoms with E-state index in [-0.39, 0.29) is 11.5 Å². The number of benzene rings is 1. The van der Waals surface area contributed by atoms with Crippen LogP contribution in [0.2, 0.25) is 0 Å². The summed E-state index contributed by atoms with van der Waals surface area (Å²) in [6.07, 6.45) is 4.22. The molecule has 0 saturated heterocycles. The highest BCUT2D eigenvalue weighted by Crippen LogP contribution is 2.07. The molecule has 5 nitrogen and oxygen atoms in total. The van der Waals surface area contributed by atoms with Crippen LogP contribution < -0.4 is 10.9 Å². The van der Waals surface area contributed by atoms with Crippen LogP contribution in [0, 0.1) is 5.82 Å². The smallest absolute Gasteiger partial charge is 0.289 e. The van der Waals surface area contributed by atoms with E-state index in [1.165, 1.54) is 36.8 Å². The maximum absolute atomic E-state index is 12.8. The van der Waals surface area contributed by atoms with Crippen molar-refractivity contribution in [3.8, 4) is 0 Å². The van der Waals surface area contributed by atoms with Crippen molar-refractivity contribution in [2.24, 2.45) is 0 Å². The van der Waals surface area contributed by atoms with E-state index in [1.54, 1.807) is 6.07 Å². The molecule has 0 atom stereocenters. The molecule has 1 aromatic heterocycles. The SMILES string of the molecule is O=C(NNc1cccc(F)c1)c1cnccn1. The zero-order chi connectivity index (χ0) is 12.1. The van der Waals surface area contributed by atoms with E-state index in [1.807, 2.05) is 0 Å². The van der Waals surface area contributed by atoms with Gasteiger partial charge in [-0.2, -0.15) is 0 Å². The van der Waals surface area contributed by atoms with Crippen molar-refractivity contribution in [1.29, 1.82) is 0 Å². The van der Waals surface area contributed by atoms with Gasteiger partial charge in [-0.15, -0.1) is 0 Å². The standard InChI is InChI=1S/C11H9FN4O/c12-8-2-1-3-9(6-8)15-16-11(17)10-7-13-4-5-14-10/h1-7,15H,(H,16,17). The highest BCUT2D eigenvalue weighted by Gasteiger charge is 2.05. The van der Waals surface area contributed by atoms with Crippen molar-refractivity contribution in [3.63, 3.8) is 0 Å². The molecule has 17 heavy (non-hydrogen) atoms. The van der Waals surface area contributed by atoms with Gasteiger partial charge in [-0.1, -0.05) is 6.07 Å². The fraction of sp³-hybridized carbons (Fsp3) is 0. The third-order valence-electron chi connectivity index (χ3n) is 1.94. The molecule has 1 amide bonds. The Hall–Kier alpha value is -2.50. The van der Waals surface area contributed by atoms with Gasteiger partial charge in [0, 0.05) is 12.4 Å². The second-order valence-corrected chi connectivity index (χ2v) is 3.18. The summed E-state index contributed by atoms with van der Waals surface area (Å²) >= 11 is 0. The number of anilines is 1. The molecule has 0 aliphatic carbocycles. The molecule has 0 saturated carbocycles. The maximum atomic E-state index is 12.8. The van der Waals surface area contributed by atoms with E-state index in [0.29, 0.717) is 5.69 Å². The van der Waals surface area contributed by atoms with Gasteiger partial charge in [-0.25, -0.2) is 9.37 Å². The minimum Gasteiger partial charge on any atom is -0.298 e. The number of hydrogen-bond acceptors (Lipinski definition) is 4. The van der Waals surface area contributed by atoms with Crippen LogP contribution >= 0.6 is 0 Å². The lowest BCUT2D eigenvalue weighted by atomic mass is 10.3. The Morgan fingerprint density at radius 2 is 2.18 bits per heavy atom. The van der Waals surface area contributed by atoms with E-state index in [2.05, 4.69) is 20.8 Å². The van der Waals surface area contributed by atoms with Crippen LogP contribution in [0.25, 0.3) is 0 Å². The lowest BCUT2D eigenvalue weighted by molar-refractivity contribution is 0.0957. The maximum Gasteiger partial charge on any atom is 0.289 e. The number of nitrogens with zero attached hydrogens (tertiary/aromatic N) is 2. The number of nitrogens with one attached hydrogen (secondary N) is 2. The van der Waals surface area contributed by atoms with Gasteiger partial charge in [0.25, 0.3) is 5.91 Å². The van der Waals surface area contributed by atoms with Gasteiger partial charge in [0.2, 0.25) is 0 Å². The third-order valence-corrected chi connectivity index (χ3v) is 1.94. The molecule has 1 aromatic carbocycles. The number of amides is 1. The van der Waals surface area contributed by atoms with Gasteiger partial charge >= 0.3 is 0 Å².